The first-order valence-electron chi connectivity index (χ1n) is 6.18. The lowest BCUT2D eigenvalue weighted by Gasteiger charge is -2.26. The van der Waals surface area contributed by atoms with Crippen LogP contribution < -0.4 is 10.1 Å². The maximum Gasteiger partial charge on any atom is 0.121 e. The number of methoxy groups -OCH3 is 2. The molecule has 1 aliphatic heterocycles. The lowest BCUT2D eigenvalue weighted by molar-refractivity contribution is -0.00620. The molecule has 0 aromatic heterocycles. The fourth-order valence-electron chi connectivity index (χ4n) is 2.11. The Morgan fingerprint density at radius 2 is 2.32 bits per heavy atom. The van der Waals surface area contributed by atoms with Gasteiger partial charge in [-0.2, -0.15) is 5.26 Å². The Balaban J connectivity index is 2.12. The van der Waals surface area contributed by atoms with Crippen LogP contribution in [0.3, 0.4) is 0 Å². The number of nitrogens with zero attached hydrogens (tertiary/aromatic N) is 1. The molecule has 1 unspecified atom stereocenters. The van der Waals surface area contributed by atoms with E-state index in [1.807, 2.05) is 6.07 Å². The van der Waals surface area contributed by atoms with Crippen molar-refractivity contribution in [3.8, 4) is 11.8 Å². The fourth-order valence-corrected chi connectivity index (χ4v) is 2.11. The Kier molecular flexibility index (Phi) is 4.25. The van der Waals surface area contributed by atoms with Gasteiger partial charge < -0.3 is 19.5 Å². The topological polar surface area (TPSA) is 63.5 Å². The molecule has 5 nitrogen and oxygen atoms in total. The van der Waals surface area contributed by atoms with Gasteiger partial charge in [0, 0.05) is 32.7 Å². The van der Waals surface area contributed by atoms with Crippen molar-refractivity contribution < 1.29 is 14.2 Å². The first-order valence-corrected chi connectivity index (χ1v) is 6.18. The van der Waals surface area contributed by atoms with Crippen molar-refractivity contribution in [1.29, 1.82) is 5.26 Å². The van der Waals surface area contributed by atoms with E-state index in [0.29, 0.717) is 25.3 Å². The highest BCUT2D eigenvalue weighted by molar-refractivity contribution is 5.60. The van der Waals surface area contributed by atoms with Crippen molar-refractivity contribution in [2.75, 3.05) is 39.3 Å². The second-order valence-electron chi connectivity index (χ2n) is 4.57. The van der Waals surface area contributed by atoms with E-state index in [-0.39, 0.29) is 5.60 Å². The molecule has 1 heterocycles. The van der Waals surface area contributed by atoms with E-state index in [1.165, 1.54) is 0 Å². The van der Waals surface area contributed by atoms with Gasteiger partial charge >= 0.3 is 0 Å². The van der Waals surface area contributed by atoms with E-state index in [2.05, 4.69) is 11.4 Å². The van der Waals surface area contributed by atoms with Gasteiger partial charge in [-0.25, -0.2) is 0 Å². The normalized spacial score (nSPS) is 21.9. The van der Waals surface area contributed by atoms with Gasteiger partial charge in [-0.05, 0) is 12.1 Å². The molecule has 1 saturated heterocycles. The molecule has 0 amide bonds. The SMILES string of the molecule is COc1ccc(C#N)c(NCC2(OC)CCOC2)c1. The summed E-state index contributed by atoms with van der Waals surface area (Å²) in [6.45, 7) is 1.88. The van der Waals surface area contributed by atoms with Crippen LogP contribution in [0.4, 0.5) is 5.69 Å². The first kappa shape index (κ1) is 13.7. The molecular formula is C14H18N2O3. The molecule has 1 fully saturated rings. The molecule has 2 rings (SSSR count). The van der Waals surface area contributed by atoms with Gasteiger partial charge in [0.1, 0.15) is 17.4 Å². The zero-order chi connectivity index (χ0) is 13.7. The summed E-state index contributed by atoms with van der Waals surface area (Å²) < 4.78 is 16.1. The lowest BCUT2D eigenvalue weighted by Crippen LogP contribution is -2.39. The number of nitriles is 1. The summed E-state index contributed by atoms with van der Waals surface area (Å²) in [6.07, 6.45) is 0.850. The van der Waals surface area contributed by atoms with Crippen LogP contribution in [-0.2, 0) is 9.47 Å². The smallest absolute Gasteiger partial charge is 0.121 e. The van der Waals surface area contributed by atoms with Crippen LogP contribution >= 0.6 is 0 Å². The van der Waals surface area contributed by atoms with Crippen LogP contribution in [0.1, 0.15) is 12.0 Å². The molecule has 1 atom stereocenters. The summed E-state index contributed by atoms with van der Waals surface area (Å²) in [6, 6.07) is 7.49. The van der Waals surface area contributed by atoms with Crippen LogP contribution in [-0.4, -0.2) is 39.6 Å². The molecule has 5 heteroatoms. The van der Waals surface area contributed by atoms with Crippen molar-refractivity contribution >= 4 is 5.69 Å². The Labute approximate surface area is 113 Å². The van der Waals surface area contributed by atoms with Gasteiger partial charge in [-0.15, -0.1) is 0 Å². The Morgan fingerprint density at radius 1 is 1.47 bits per heavy atom. The Morgan fingerprint density at radius 3 is 2.89 bits per heavy atom. The fraction of sp³-hybridized carbons (Fsp3) is 0.500. The number of anilines is 1. The maximum absolute atomic E-state index is 9.11. The molecule has 1 aliphatic rings. The van der Waals surface area contributed by atoms with Gasteiger partial charge in [-0.1, -0.05) is 0 Å². The quantitative estimate of drug-likeness (QED) is 0.876. The monoisotopic (exact) mass is 262 g/mol. The van der Waals surface area contributed by atoms with Crippen molar-refractivity contribution in [3.63, 3.8) is 0 Å². The molecule has 1 aromatic carbocycles. The van der Waals surface area contributed by atoms with E-state index < -0.39 is 0 Å². The summed E-state index contributed by atoms with van der Waals surface area (Å²) in [7, 11) is 3.29. The maximum atomic E-state index is 9.11. The van der Waals surface area contributed by atoms with E-state index >= 15 is 0 Å². The third kappa shape index (κ3) is 2.98. The van der Waals surface area contributed by atoms with Gasteiger partial charge in [0.2, 0.25) is 0 Å². The molecule has 0 radical (unpaired) electrons. The van der Waals surface area contributed by atoms with Gasteiger partial charge in [0.25, 0.3) is 0 Å². The van der Waals surface area contributed by atoms with Crippen molar-refractivity contribution in [1.82, 2.24) is 0 Å². The first-order chi connectivity index (χ1) is 9.23. The Bertz CT molecular complexity index is 476. The van der Waals surface area contributed by atoms with Gasteiger partial charge in [0.15, 0.2) is 0 Å². The third-order valence-electron chi connectivity index (χ3n) is 3.45. The minimum atomic E-state index is -0.310. The number of hydrogen-bond donors (Lipinski definition) is 1. The summed E-state index contributed by atoms with van der Waals surface area (Å²) in [4.78, 5) is 0. The Hall–Kier alpha value is -1.77. The highest BCUT2D eigenvalue weighted by Crippen LogP contribution is 2.26. The largest absolute Gasteiger partial charge is 0.497 e. The molecule has 0 aliphatic carbocycles. The molecule has 102 valence electrons. The van der Waals surface area contributed by atoms with E-state index in [9.17, 15) is 0 Å². The molecule has 1 aromatic rings. The predicted octanol–water partition coefficient (Wildman–Crippen LogP) is 1.78. The minimum absolute atomic E-state index is 0.310. The summed E-state index contributed by atoms with van der Waals surface area (Å²) in [5.41, 5.74) is 1.03. The molecule has 0 spiro atoms. The molecule has 0 bridgehead atoms. The number of rotatable bonds is 5. The highest BCUT2D eigenvalue weighted by atomic mass is 16.5. The second kappa shape index (κ2) is 5.91. The van der Waals surface area contributed by atoms with Crippen LogP contribution in [0.5, 0.6) is 5.75 Å². The third-order valence-corrected chi connectivity index (χ3v) is 3.45. The molecule has 19 heavy (non-hydrogen) atoms. The van der Waals surface area contributed by atoms with E-state index in [1.54, 1.807) is 26.4 Å². The zero-order valence-corrected chi connectivity index (χ0v) is 11.2. The molecule has 0 saturated carbocycles. The van der Waals surface area contributed by atoms with Crippen LogP contribution in [0.2, 0.25) is 0 Å². The average Bonchev–Trinajstić information content (AvgIpc) is 2.94. The number of benzene rings is 1. The predicted molar refractivity (Wildman–Crippen MR) is 71.4 cm³/mol. The number of nitrogens with one attached hydrogen (secondary N) is 1. The van der Waals surface area contributed by atoms with Crippen molar-refractivity contribution in [3.05, 3.63) is 23.8 Å². The van der Waals surface area contributed by atoms with Crippen molar-refractivity contribution in [2.45, 2.75) is 12.0 Å². The summed E-state index contributed by atoms with van der Waals surface area (Å²) in [5.74, 6) is 0.718. The zero-order valence-electron chi connectivity index (χ0n) is 11.2. The summed E-state index contributed by atoms with van der Waals surface area (Å²) in [5, 5.41) is 12.4. The van der Waals surface area contributed by atoms with Crippen LogP contribution in [0.15, 0.2) is 18.2 Å². The standard InChI is InChI=1S/C14H18N2O3/c1-17-12-4-3-11(8-15)13(7-12)16-9-14(18-2)5-6-19-10-14/h3-4,7,16H,5-6,9-10H2,1-2H3. The van der Waals surface area contributed by atoms with Crippen LogP contribution in [0, 0.1) is 11.3 Å². The van der Waals surface area contributed by atoms with Crippen molar-refractivity contribution in [2.24, 2.45) is 0 Å². The minimum Gasteiger partial charge on any atom is -0.497 e. The van der Waals surface area contributed by atoms with E-state index in [4.69, 9.17) is 19.5 Å². The molecular weight excluding hydrogens is 244 g/mol. The van der Waals surface area contributed by atoms with Crippen LogP contribution in [0.25, 0.3) is 0 Å². The lowest BCUT2D eigenvalue weighted by atomic mass is 10.0. The summed E-state index contributed by atoms with van der Waals surface area (Å²) >= 11 is 0. The average molecular weight is 262 g/mol. The highest BCUT2D eigenvalue weighted by Gasteiger charge is 2.34. The molecule has 1 N–H and O–H groups in total. The van der Waals surface area contributed by atoms with Gasteiger partial charge in [-0.3, -0.25) is 0 Å². The second-order valence-corrected chi connectivity index (χ2v) is 4.57. The van der Waals surface area contributed by atoms with Gasteiger partial charge in [0.05, 0.1) is 25.0 Å². The number of hydrogen-bond acceptors (Lipinski definition) is 5. The number of ether oxygens (including phenoxy) is 3. The van der Waals surface area contributed by atoms with E-state index in [0.717, 1.165) is 17.9 Å².